The zero-order valence-corrected chi connectivity index (χ0v) is 8.79. The maximum absolute atomic E-state index is 8.17. The normalized spacial score (nSPS) is 13.2. The first kappa shape index (κ1) is 12.9. The summed E-state index contributed by atoms with van der Waals surface area (Å²) in [5.74, 6) is 0. The van der Waals surface area contributed by atoms with Gasteiger partial charge in [-0.05, 0) is 12.8 Å². The molecule has 0 aliphatic carbocycles. The summed E-state index contributed by atoms with van der Waals surface area (Å²) < 4.78 is 0. The SMILES string of the molecule is CCCCCC(CCCC)OOO. The maximum atomic E-state index is 8.17. The highest BCUT2D eigenvalue weighted by atomic mass is 17.5. The summed E-state index contributed by atoms with van der Waals surface area (Å²) in [7, 11) is 0. The van der Waals surface area contributed by atoms with E-state index in [1.807, 2.05) is 0 Å². The van der Waals surface area contributed by atoms with Crippen molar-refractivity contribution in [2.24, 2.45) is 0 Å². The molecule has 0 heterocycles. The zero-order valence-electron chi connectivity index (χ0n) is 8.79. The molecule has 0 saturated carbocycles. The van der Waals surface area contributed by atoms with E-state index in [0.29, 0.717) is 0 Å². The molecule has 0 fully saturated rings. The highest BCUT2D eigenvalue weighted by Gasteiger charge is 2.08. The molecule has 0 bridgehead atoms. The van der Waals surface area contributed by atoms with Gasteiger partial charge in [0.1, 0.15) is 0 Å². The number of hydrogen-bond acceptors (Lipinski definition) is 3. The lowest BCUT2D eigenvalue weighted by atomic mass is 10.1. The van der Waals surface area contributed by atoms with Crippen molar-refractivity contribution in [3.8, 4) is 0 Å². The Labute approximate surface area is 80.9 Å². The lowest BCUT2D eigenvalue weighted by molar-refractivity contribution is -0.507. The number of unbranched alkanes of at least 4 members (excludes halogenated alkanes) is 3. The quantitative estimate of drug-likeness (QED) is 0.343. The van der Waals surface area contributed by atoms with Gasteiger partial charge >= 0.3 is 0 Å². The van der Waals surface area contributed by atoms with Crippen molar-refractivity contribution in [1.82, 2.24) is 0 Å². The predicted octanol–water partition coefficient (Wildman–Crippen LogP) is 3.55. The maximum Gasteiger partial charge on any atom is 0.0961 e. The Balaban J connectivity index is 3.41. The minimum atomic E-state index is 0.0662. The van der Waals surface area contributed by atoms with Gasteiger partial charge in [0.15, 0.2) is 0 Å². The average Bonchev–Trinajstić information content (AvgIpc) is 2.14. The lowest BCUT2D eigenvalue weighted by Gasteiger charge is -2.12. The van der Waals surface area contributed by atoms with Crippen molar-refractivity contribution in [2.45, 2.75) is 64.9 Å². The highest BCUT2D eigenvalue weighted by Crippen LogP contribution is 2.13. The molecule has 3 heteroatoms. The van der Waals surface area contributed by atoms with E-state index < -0.39 is 0 Å². The van der Waals surface area contributed by atoms with Crippen LogP contribution in [-0.4, -0.2) is 11.4 Å². The van der Waals surface area contributed by atoms with Crippen molar-refractivity contribution in [3.05, 3.63) is 0 Å². The second-order valence-corrected chi connectivity index (χ2v) is 3.43. The van der Waals surface area contributed by atoms with Gasteiger partial charge in [-0.25, -0.2) is 10.1 Å². The van der Waals surface area contributed by atoms with E-state index >= 15 is 0 Å². The van der Waals surface area contributed by atoms with Gasteiger partial charge in [-0.3, -0.25) is 0 Å². The number of rotatable bonds is 9. The molecule has 0 radical (unpaired) electrons. The number of hydrogen-bond donors (Lipinski definition) is 1. The van der Waals surface area contributed by atoms with E-state index in [-0.39, 0.29) is 6.10 Å². The van der Waals surface area contributed by atoms with Crippen molar-refractivity contribution in [2.75, 3.05) is 0 Å². The van der Waals surface area contributed by atoms with Crippen LogP contribution < -0.4 is 0 Å². The van der Waals surface area contributed by atoms with Gasteiger partial charge in [-0.2, -0.15) is 0 Å². The van der Waals surface area contributed by atoms with Crippen molar-refractivity contribution >= 4 is 0 Å². The summed E-state index contributed by atoms with van der Waals surface area (Å²) in [6, 6.07) is 0. The molecule has 1 atom stereocenters. The van der Waals surface area contributed by atoms with E-state index in [1.54, 1.807) is 0 Å². The second-order valence-electron chi connectivity index (χ2n) is 3.43. The summed E-state index contributed by atoms with van der Waals surface area (Å²) >= 11 is 0. The van der Waals surface area contributed by atoms with Crippen molar-refractivity contribution < 1.29 is 15.2 Å². The van der Waals surface area contributed by atoms with Crippen LogP contribution in [0.3, 0.4) is 0 Å². The van der Waals surface area contributed by atoms with Gasteiger partial charge < -0.3 is 0 Å². The minimum Gasteiger partial charge on any atom is -0.221 e. The van der Waals surface area contributed by atoms with Crippen LogP contribution in [0.4, 0.5) is 0 Å². The van der Waals surface area contributed by atoms with Crippen LogP contribution in [0, 0.1) is 0 Å². The third-order valence-corrected chi connectivity index (χ3v) is 2.19. The molecule has 80 valence electrons. The molecule has 1 unspecified atom stereocenters. The third-order valence-electron chi connectivity index (χ3n) is 2.19. The first-order valence-corrected chi connectivity index (χ1v) is 5.32. The van der Waals surface area contributed by atoms with Crippen LogP contribution in [-0.2, 0) is 9.93 Å². The summed E-state index contributed by atoms with van der Waals surface area (Å²) in [6.07, 6.45) is 7.87. The molecular weight excluding hydrogens is 168 g/mol. The van der Waals surface area contributed by atoms with Crippen molar-refractivity contribution in [1.29, 1.82) is 0 Å². The molecule has 0 amide bonds. The van der Waals surface area contributed by atoms with E-state index in [1.165, 1.54) is 12.8 Å². The van der Waals surface area contributed by atoms with E-state index in [0.717, 1.165) is 32.1 Å². The molecule has 0 aromatic carbocycles. The van der Waals surface area contributed by atoms with Crippen LogP contribution in [0.15, 0.2) is 0 Å². The molecule has 0 spiro atoms. The fourth-order valence-electron chi connectivity index (χ4n) is 1.36. The Morgan fingerprint density at radius 2 is 1.62 bits per heavy atom. The Kier molecular flexibility index (Phi) is 9.87. The topological polar surface area (TPSA) is 38.7 Å². The van der Waals surface area contributed by atoms with Gasteiger partial charge in [0.2, 0.25) is 0 Å². The zero-order chi connectivity index (χ0) is 9.94. The highest BCUT2D eigenvalue weighted by molar-refractivity contribution is 4.56. The lowest BCUT2D eigenvalue weighted by Crippen LogP contribution is -2.12. The summed E-state index contributed by atoms with van der Waals surface area (Å²) in [5.41, 5.74) is 0. The molecule has 0 aliphatic heterocycles. The minimum absolute atomic E-state index is 0.0662. The van der Waals surface area contributed by atoms with Gasteiger partial charge in [-0.1, -0.05) is 51.0 Å². The molecule has 3 nitrogen and oxygen atoms in total. The molecule has 0 aliphatic rings. The predicted molar refractivity (Wildman–Crippen MR) is 52.3 cm³/mol. The Morgan fingerprint density at radius 3 is 2.15 bits per heavy atom. The monoisotopic (exact) mass is 190 g/mol. The van der Waals surface area contributed by atoms with Crippen LogP contribution in [0.5, 0.6) is 0 Å². The standard InChI is InChI=1S/C10H22O3/c1-3-5-7-9-10(12-13-11)8-6-4-2/h10-11H,3-9H2,1-2H3. The molecule has 0 aromatic rings. The first-order chi connectivity index (χ1) is 6.35. The summed E-state index contributed by atoms with van der Waals surface area (Å²) in [4.78, 5) is 4.75. The van der Waals surface area contributed by atoms with Crippen LogP contribution in [0.25, 0.3) is 0 Å². The van der Waals surface area contributed by atoms with Crippen LogP contribution >= 0.6 is 0 Å². The second kappa shape index (κ2) is 9.96. The van der Waals surface area contributed by atoms with Gasteiger partial charge in [-0.15, -0.1) is 0 Å². The van der Waals surface area contributed by atoms with Crippen LogP contribution in [0.2, 0.25) is 0 Å². The fourth-order valence-corrected chi connectivity index (χ4v) is 1.36. The van der Waals surface area contributed by atoms with Crippen LogP contribution in [0.1, 0.15) is 58.8 Å². The summed E-state index contributed by atoms with van der Waals surface area (Å²) in [6.45, 7) is 4.31. The Morgan fingerprint density at radius 1 is 1.00 bits per heavy atom. The molecule has 0 aromatic heterocycles. The fraction of sp³-hybridized carbons (Fsp3) is 1.00. The Bertz CT molecular complexity index is 96.2. The molecule has 0 saturated heterocycles. The Hall–Kier alpha value is -0.120. The third kappa shape index (κ3) is 8.22. The molecule has 0 rings (SSSR count). The smallest absolute Gasteiger partial charge is 0.0961 e. The largest absolute Gasteiger partial charge is 0.221 e. The molecule has 13 heavy (non-hydrogen) atoms. The molecule has 1 N–H and O–H groups in total. The summed E-state index contributed by atoms with van der Waals surface area (Å²) in [5, 5.41) is 11.9. The first-order valence-electron chi connectivity index (χ1n) is 5.32. The molecular formula is C10H22O3. The van der Waals surface area contributed by atoms with Crippen molar-refractivity contribution in [3.63, 3.8) is 0 Å². The van der Waals surface area contributed by atoms with Gasteiger partial charge in [0.05, 0.1) is 6.10 Å². The van der Waals surface area contributed by atoms with E-state index in [9.17, 15) is 0 Å². The average molecular weight is 190 g/mol. The van der Waals surface area contributed by atoms with E-state index in [4.69, 9.17) is 10.1 Å². The van der Waals surface area contributed by atoms with Gasteiger partial charge in [0.25, 0.3) is 0 Å². The van der Waals surface area contributed by atoms with E-state index in [2.05, 4.69) is 18.9 Å². The van der Waals surface area contributed by atoms with Gasteiger partial charge in [0, 0.05) is 0 Å².